The summed E-state index contributed by atoms with van der Waals surface area (Å²) in [6, 6.07) is 2.06. The summed E-state index contributed by atoms with van der Waals surface area (Å²) in [4.78, 5) is 20.4. The minimum Gasteiger partial charge on any atom is -0.370 e. The zero-order valence-corrected chi connectivity index (χ0v) is 16.4. The number of nitrogens with one attached hydrogen (secondary N) is 1. The van der Waals surface area contributed by atoms with E-state index >= 15 is 0 Å². The molecule has 6 heteroatoms. The molecule has 0 radical (unpaired) electrons. The van der Waals surface area contributed by atoms with E-state index in [1.165, 1.54) is 32.6 Å². The van der Waals surface area contributed by atoms with Crippen LogP contribution in [-0.4, -0.2) is 55.1 Å². The predicted molar refractivity (Wildman–Crippen MR) is 102 cm³/mol. The lowest BCUT2D eigenvalue weighted by Gasteiger charge is -2.38. The summed E-state index contributed by atoms with van der Waals surface area (Å²) in [7, 11) is 1.48. The number of rotatable bonds is 3. The van der Waals surface area contributed by atoms with Crippen molar-refractivity contribution in [3.8, 4) is 0 Å². The maximum atomic E-state index is 14.2. The number of halogens is 1. The van der Waals surface area contributed by atoms with Crippen molar-refractivity contribution in [3.05, 3.63) is 23.8 Å². The molecule has 1 aromatic heterocycles. The highest BCUT2D eigenvalue weighted by molar-refractivity contribution is 5.92. The van der Waals surface area contributed by atoms with Gasteiger partial charge in [-0.1, -0.05) is 20.8 Å². The Hall–Kier alpha value is -1.69. The van der Waals surface area contributed by atoms with Gasteiger partial charge in [-0.15, -0.1) is 0 Å². The molecule has 1 N–H and O–H groups in total. The van der Waals surface area contributed by atoms with Crippen LogP contribution in [0.5, 0.6) is 0 Å². The van der Waals surface area contributed by atoms with Crippen LogP contribution in [0.1, 0.15) is 50.5 Å². The van der Waals surface area contributed by atoms with E-state index in [0.717, 1.165) is 37.5 Å². The number of hydrogen-bond acceptors (Lipinski definition) is 4. The molecule has 2 fully saturated rings. The maximum Gasteiger partial charge on any atom is 0.272 e. The fourth-order valence-electron chi connectivity index (χ4n) is 4.20. The molecule has 2 saturated heterocycles. The third kappa shape index (κ3) is 4.00. The van der Waals surface area contributed by atoms with Crippen LogP contribution < -0.4 is 10.2 Å². The van der Waals surface area contributed by atoms with Crippen molar-refractivity contribution >= 4 is 11.6 Å². The number of nitrogens with zero attached hydrogens (tertiary/aromatic N) is 3. The number of aromatic nitrogens is 1. The van der Waals surface area contributed by atoms with Crippen LogP contribution in [-0.2, 0) is 0 Å². The van der Waals surface area contributed by atoms with Gasteiger partial charge in [0, 0.05) is 38.8 Å². The third-order valence-electron chi connectivity index (χ3n) is 6.06. The summed E-state index contributed by atoms with van der Waals surface area (Å²) in [6.45, 7) is 11.2. The summed E-state index contributed by atoms with van der Waals surface area (Å²) in [5, 5.41) is 2.41. The number of hydrogen-bond donors (Lipinski definition) is 1. The van der Waals surface area contributed by atoms with Crippen LogP contribution >= 0.6 is 0 Å². The number of carbonyl (C=O) groups is 1. The second-order valence-corrected chi connectivity index (χ2v) is 8.67. The van der Waals surface area contributed by atoms with Gasteiger partial charge >= 0.3 is 0 Å². The minimum atomic E-state index is -0.559. The van der Waals surface area contributed by atoms with E-state index < -0.39 is 11.7 Å². The van der Waals surface area contributed by atoms with Crippen LogP contribution in [0.3, 0.4) is 0 Å². The van der Waals surface area contributed by atoms with Gasteiger partial charge in [-0.05, 0) is 37.1 Å². The SMILES string of the molecule is CNC(=O)c1ncc(N2CCC(N3CCC(C(C)(C)C)C3)CC2)cc1F. The number of anilines is 1. The predicted octanol–water partition coefficient (Wildman–Crippen LogP) is 2.92. The molecule has 0 aromatic carbocycles. The lowest BCUT2D eigenvalue weighted by Crippen LogP contribution is -2.44. The molecule has 26 heavy (non-hydrogen) atoms. The molecule has 1 aromatic rings. The molecule has 144 valence electrons. The van der Waals surface area contributed by atoms with Crippen molar-refractivity contribution in [2.75, 3.05) is 38.1 Å². The third-order valence-corrected chi connectivity index (χ3v) is 6.06. The van der Waals surface area contributed by atoms with Crippen molar-refractivity contribution in [1.29, 1.82) is 0 Å². The van der Waals surface area contributed by atoms with Crippen LogP contribution in [0, 0.1) is 17.2 Å². The molecule has 1 atom stereocenters. The molecule has 5 nitrogen and oxygen atoms in total. The molecule has 3 heterocycles. The van der Waals surface area contributed by atoms with Crippen LogP contribution in [0.2, 0.25) is 0 Å². The molecule has 1 amide bonds. The van der Waals surface area contributed by atoms with Crippen molar-refractivity contribution in [3.63, 3.8) is 0 Å². The first-order valence-corrected chi connectivity index (χ1v) is 9.66. The van der Waals surface area contributed by atoms with Gasteiger partial charge in [0.05, 0.1) is 11.9 Å². The standard InChI is InChI=1S/C20H31FN4O/c1-20(2,3)14-5-8-25(13-14)15-6-9-24(10-7-15)16-11-17(21)18(23-12-16)19(26)22-4/h11-12,14-15H,5-10,13H2,1-4H3,(H,22,26). The van der Waals surface area contributed by atoms with Gasteiger partial charge in [-0.25, -0.2) is 9.37 Å². The second kappa shape index (κ2) is 7.51. The second-order valence-electron chi connectivity index (χ2n) is 8.67. The summed E-state index contributed by atoms with van der Waals surface area (Å²) in [5.41, 5.74) is 1.00. The smallest absolute Gasteiger partial charge is 0.272 e. The van der Waals surface area contributed by atoms with E-state index in [-0.39, 0.29) is 5.69 Å². The molecule has 2 aliphatic heterocycles. The Labute approximate surface area is 156 Å². The molecule has 0 saturated carbocycles. The first-order chi connectivity index (χ1) is 12.3. The normalized spacial score (nSPS) is 22.7. The highest BCUT2D eigenvalue weighted by Gasteiger charge is 2.35. The molecule has 0 spiro atoms. The first-order valence-electron chi connectivity index (χ1n) is 9.66. The van der Waals surface area contributed by atoms with Crippen LogP contribution in [0.4, 0.5) is 10.1 Å². The molecule has 2 aliphatic rings. The summed E-state index contributed by atoms with van der Waals surface area (Å²) < 4.78 is 14.2. The Morgan fingerprint density at radius 3 is 2.46 bits per heavy atom. The van der Waals surface area contributed by atoms with Gasteiger partial charge in [0.15, 0.2) is 11.5 Å². The largest absolute Gasteiger partial charge is 0.370 e. The summed E-state index contributed by atoms with van der Waals surface area (Å²) >= 11 is 0. The zero-order chi connectivity index (χ0) is 18.9. The quantitative estimate of drug-likeness (QED) is 0.898. The lowest BCUT2D eigenvalue weighted by molar-refractivity contribution is 0.0953. The monoisotopic (exact) mass is 362 g/mol. The maximum absolute atomic E-state index is 14.2. The number of carbonyl (C=O) groups excluding carboxylic acids is 1. The van der Waals surface area contributed by atoms with E-state index in [4.69, 9.17) is 0 Å². The van der Waals surface area contributed by atoms with Crippen LogP contribution in [0.25, 0.3) is 0 Å². The van der Waals surface area contributed by atoms with E-state index in [9.17, 15) is 9.18 Å². The zero-order valence-electron chi connectivity index (χ0n) is 16.4. The number of amides is 1. The molecule has 0 aliphatic carbocycles. The highest BCUT2D eigenvalue weighted by Crippen LogP contribution is 2.36. The minimum absolute atomic E-state index is 0.142. The average Bonchev–Trinajstić information content (AvgIpc) is 3.11. The summed E-state index contributed by atoms with van der Waals surface area (Å²) in [5.74, 6) is -0.275. The Morgan fingerprint density at radius 1 is 1.23 bits per heavy atom. The van der Waals surface area contributed by atoms with E-state index in [2.05, 4.69) is 40.9 Å². The van der Waals surface area contributed by atoms with E-state index in [1.54, 1.807) is 6.20 Å². The van der Waals surface area contributed by atoms with Gasteiger partial charge in [0.1, 0.15) is 0 Å². The number of piperidine rings is 1. The van der Waals surface area contributed by atoms with Gasteiger partial charge < -0.3 is 10.2 Å². The van der Waals surface area contributed by atoms with Crippen molar-refractivity contribution in [2.24, 2.45) is 11.3 Å². The van der Waals surface area contributed by atoms with Gasteiger partial charge in [-0.2, -0.15) is 0 Å². The lowest BCUT2D eigenvalue weighted by atomic mass is 9.80. The molecule has 1 unspecified atom stereocenters. The van der Waals surface area contributed by atoms with Gasteiger partial charge in [-0.3, -0.25) is 9.69 Å². The molecular weight excluding hydrogens is 331 g/mol. The number of pyridine rings is 1. The Bertz CT molecular complexity index is 650. The fourth-order valence-corrected chi connectivity index (χ4v) is 4.20. The fraction of sp³-hybridized carbons (Fsp3) is 0.700. The Kier molecular flexibility index (Phi) is 5.51. The number of likely N-dealkylation sites (tertiary alicyclic amines) is 1. The first kappa shape index (κ1) is 19.1. The van der Waals surface area contributed by atoms with Gasteiger partial charge in [0.25, 0.3) is 5.91 Å². The van der Waals surface area contributed by atoms with Crippen molar-refractivity contribution < 1.29 is 9.18 Å². The van der Waals surface area contributed by atoms with Crippen molar-refractivity contribution in [2.45, 2.75) is 46.1 Å². The van der Waals surface area contributed by atoms with E-state index in [0.29, 0.717) is 11.5 Å². The molecule has 3 rings (SSSR count). The van der Waals surface area contributed by atoms with Crippen LogP contribution in [0.15, 0.2) is 12.3 Å². The Balaban J connectivity index is 1.57. The summed E-state index contributed by atoms with van der Waals surface area (Å²) in [6.07, 6.45) is 5.09. The van der Waals surface area contributed by atoms with Crippen molar-refractivity contribution in [1.82, 2.24) is 15.2 Å². The average molecular weight is 362 g/mol. The Morgan fingerprint density at radius 2 is 1.92 bits per heavy atom. The topological polar surface area (TPSA) is 48.5 Å². The van der Waals surface area contributed by atoms with Gasteiger partial charge in [0.2, 0.25) is 0 Å². The highest BCUT2D eigenvalue weighted by atomic mass is 19.1. The van der Waals surface area contributed by atoms with E-state index in [1.807, 2.05) is 0 Å². The molecule has 0 bridgehead atoms. The molecular formula is C20H31FN4O.